The van der Waals surface area contributed by atoms with Crippen molar-refractivity contribution in [2.75, 3.05) is 12.5 Å². The van der Waals surface area contributed by atoms with Gasteiger partial charge in [0.25, 0.3) is 0 Å². The van der Waals surface area contributed by atoms with Gasteiger partial charge in [-0.05, 0) is 61.4 Å². The quantitative estimate of drug-likeness (QED) is 0.370. The third-order valence-corrected chi connectivity index (χ3v) is 3.31. The largest absolute Gasteiger partial charge is 0.497 e. The lowest BCUT2D eigenvalue weighted by Gasteiger charge is -2.06. The van der Waals surface area contributed by atoms with Crippen molar-refractivity contribution in [1.82, 2.24) is 0 Å². The second-order valence-electron chi connectivity index (χ2n) is 5.32. The van der Waals surface area contributed by atoms with Gasteiger partial charge in [-0.2, -0.15) is 10.2 Å². The molecule has 0 amide bonds. The molecule has 0 atom stereocenters. The summed E-state index contributed by atoms with van der Waals surface area (Å²) in [5.41, 5.74) is 6.45. The van der Waals surface area contributed by atoms with Gasteiger partial charge in [-0.15, -0.1) is 0 Å². The molecule has 0 radical (unpaired) electrons. The molecule has 124 valence electrons. The summed E-state index contributed by atoms with van der Waals surface area (Å²) in [6, 6.07) is 12.7. The Balaban J connectivity index is 2.25. The predicted molar refractivity (Wildman–Crippen MR) is 97.0 cm³/mol. The van der Waals surface area contributed by atoms with Gasteiger partial charge in [0.2, 0.25) is 5.78 Å². The Bertz CT molecular complexity index is 760. The highest BCUT2D eigenvalue weighted by molar-refractivity contribution is 6.64. The number of ether oxygens (including phenoxy) is 1. The molecule has 3 N–H and O–H groups in total. The molecule has 0 saturated heterocycles. The molecule has 0 saturated carbocycles. The lowest BCUT2D eigenvalue weighted by atomic mass is 10.1. The molecule has 0 fully saturated rings. The molecule has 0 aliphatic heterocycles. The van der Waals surface area contributed by atoms with E-state index >= 15 is 0 Å². The van der Waals surface area contributed by atoms with Gasteiger partial charge in [0, 0.05) is 5.56 Å². The summed E-state index contributed by atoms with van der Waals surface area (Å²) in [6.45, 7) is 3.99. The van der Waals surface area contributed by atoms with Crippen LogP contribution in [0.3, 0.4) is 0 Å². The first-order valence-electron chi connectivity index (χ1n) is 7.37. The first kappa shape index (κ1) is 17.2. The summed E-state index contributed by atoms with van der Waals surface area (Å²) in [6.07, 6.45) is 1.22. The Labute approximate surface area is 141 Å². The minimum atomic E-state index is -0.288. The number of hydrogen-bond acceptors (Lipinski definition) is 6. The maximum atomic E-state index is 12.5. The van der Waals surface area contributed by atoms with Crippen LogP contribution in [0.4, 0.5) is 5.69 Å². The number of ketones is 1. The summed E-state index contributed by atoms with van der Waals surface area (Å²) >= 11 is 0. The number of anilines is 1. The molecule has 0 aliphatic rings. The lowest BCUT2D eigenvalue weighted by Crippen LogP contribution is -2.18. The van der Waals surface area contributed by atoms with E-state index in [1.165, 1.54) is 6.21 Å². The number of aryl methyl sites for hydroxylation is 2. The summed E-state index contributed by atoms with van der Waals surface area (Å²) in [5, 5.41) is 7.56. The van der Waals surface area contributed by atoms with Crippen molar-refractivity contribution in [2.45, 2.75) is 13.8 Å². The van der Waals surface area contributed by atoms with E-state index < -0.39 is 0 Å². The molecule has 0 bridgehead atoms. The van der Waals surface area contributed by atoms with Crippen LogP contribution in [-0.4, -0.2) is 24.8 Å². The molecule has 6 nitrogen and oxygen atoms in total. The highest BCUT2D eigenvalue weighted by Crippen LogP contribution is 2.15. The first-order valence-corrected chi connectivity index (χ1v) is 7.37. The molecule has 0 unspecified atom stereocenters. The van der Waals surface area contributed by atoms with Crippen molar-refractivity contribution in [1.29, 1.82) is 0 Å². The highest BCUT2D eigenvalue weighted by atomic mass is 16.5. The Morgan fingerprint density at radius 3 is 2.29 bits per heavy atom. The average molecular weight is 324 g/mol. The normalized spacial score (nSPS) is 11.5. The van der Waals surface area contributed by atoms with Crippen molar-refractivity contribution < 1.29 is 9.53 Å². The SMILES string of the molecule is COc1ccc(C(=O)C(/C=N/N)=N/Nc2cc(C)cc(C)c2)cc1. The molecule has 0 spiro atoms. The molecule has 0 aromatic heterocycles. The molecule has 0 aliphatic carbocycles. The zero-order valence-electron chi connectivity index (χ0n) is 13.9. The fourth-order valence-corrected chi connectivity index (χ4v) is 2.26. The van der Waals surface area contributed by atoms with Crippen molar-refractivity contribution in [3.63, 3.8) is 0 Å². The molecule has 6 heteroatoms. The molecular weight excluding hydrogens is 304 g/mol. The second-order valence-corrected chi connectivity index (χ2v) is 5.32. The van der Waals surface area contributed by atoms with Gasteiger partial charge in [-0.1, -0.05) is 6.07 Å². The average Bonchev–Trinajstić information content (AvgIpc) is 2.57. The van der Waals surface area contributed by atoms with Crippen LogP contribution in [0, 0.1) is 13.8 Å². The van der Waals surface area contributed by atoms with Gasteiger partial charge in [-0.25, -0.2) is 0 Å². The number of nitrogens with two attached hydrogens (primary N) is 1. The summed E-state index contributed by atoms with van der Waals surface area (Å²) in [4.78, 5) is 12.5. The number of nitrogens with zero attached hydrogens (tertiary/aromatic N) is 2. The summed E-state index contributed by atoms with van der Waals surface area (Å²) < 4.78 is 5.08. The van der Waals surface area contributed by atoms with Crippen LogP contribution in [0.25, 0.3) is 0 Å². The summed E-state index contributed by atoms with van der Waals surface area (Å²) in [5.74, 6) is 5.58. The standard InChI is InChI=1S/C18H20N4O2/c1-12-8-13(2)10-15(9-12)21-22-17(11-20-19)18(23)14-4-6-16(24-3)7-5-14/h4-11,21H,19H2,1-3H3/b20-11+,22-17+. The van der Waals surface area contributed by atoms with Crippen molar-refractivity contribution >= 4 is 23.4 Å². The molecule has 24 heavy (non-hydrogen) atoms. The lowest BCUT2D eigenvalue weighted by molar-refractivity contribution is 0.106. The van der Waals surface area contributed by atoms with Gasteiger partial charge in [0.1, 0.15) is 5.75 Å². The summed E-state index contributed by atoms with van der Waals surface area (Å²) in [7, 11) is 1.57. The van der Waals surface area contributed by atoms with E-state index in [2.05, 4.69) is 21.7 Å². The van der Waals surface area contributed by atoms with Crippen molar-refractivity contribution in [3.05, 3.63) is 59.2 Å². The first-order chi connectivity index (χ1) is 11.5. The molecule has 2 aromatic carbocycles. The van der Waals surface area contributed by atoms with E-state index in [1.54, 1.807) is 31.4 Å². The topological polar surface area (TPSA) is 89.1 Å². The predicted octanol–water partition coefficient (Wildman–Crippen LogP) is 2.91. The zero-order chi connectivity index (χ0) is 17.5. The van der Waals surface area contributed by atoms with Crippen LogP contribution < -0.4 is 16.0 Å². The van der Waals surface area contributed by atoms with Gasteiger partial charge >= 0.3 is 0 Å². The van der Waals surface area contributed by atoms with E-state index in [-0.39, 0.29) is 11.5 Å². The number of carbonyl (C=O) groups is 1. The second kappa shape index (κ2) is 7.92. The maximum Gasteiger partial charge on any atom is 0.214 e. The fourth-order valence-electron chi connectivity index (χ4n) is 2.26. The van der Waals surface area contributed by atoms with E-state index in [1.807, 2.05) is 26.0 Å². The van der Waals surface area contributed by atoms with E-state index in [0.717, 1.165) is 16.8 Å². The van der Waals surface area contributed by atoms with Crippen molar-refractivity contribution in [2.24, 2.45) is 16.0 Å². The van der Waals surface area contributed by atoms with Crippen molar-refractivity contribution in [3.8, 4) is 5.75 Å². The minimum absolute atomic E-state index is 0.113. The van der Waals surface area contributed by atoms with Gasteiger partial charge in [0.15, 0.2) is 5.71 Å². The number of nitrogens with one attached hydrogen (secondary N) is 1. The number of hydrogen-bond donors (Lipinski definition) is 2. The third kappa shape index (κ3) is 4.42. The Kier molecular flexibility index (Phi) is 5.68. The van der Waals surface area contributed by atoms with Crippen LogP contribution >= 0.6 is 0 Å². The van der Waals surface area contributed by atoms with Gasteiger partial charge < -0.3 is 10.6 Å². The maximum absolute atomic E-state index is 12.5. The number of rotatable bonds is 6. The van der Waals surface area contributed by atoms with Crippen LogP contribution in [0.2, 0.25) is 0 Å². The molecule has 0 heterocycles. The monoisotopic (exact) mass is 324 g/mol. The number of benzene rings is 2. The van der Waals surface area contributed by atoms with E-state index in [9.17, 15) is 4.79 Å². The number of Topliss-reactive ketones (excluding diaryl/α,β-unsaturated/α-hetero) is 1. The Hall–Kier alpha value is -3.15. The zero-order valence-corrected chi connectivity index (χ0v) is 13.9. The fraction of sp³-hybridized carbons (Fsp3) is 0.167. The molecule has 2 aromatic rings. The van der Waals surface area contributed by atoms with Gasteiger partial charge in [-0.3, -0.25) is 10.2 Å². The molecular formula is C18H20N4O2. The number of hydrazone groups is 2. The van der Waals surface area contributed by atoms with Crippen LogP contribution in [0.5, 0.6) is 5.75 Å². The highest BCUT2D eigenvalue weighted by Gasteiger charge is 2.13. The Morgan fingerprint density at radius 2 is 1.75 bits per heavy atom. The van der Waals surface area contributed by atoms with Gasteiger partial charge in [0.05, 0.1) is 19.0 Å². The number of methoxy groups -OCH3 is 1. The van der Waals surface area contributed by atoms with Crippen LogP contribution in [0.1, 0.15) is 21.5 Å². The minimum Gasteiger partial charge on any atom is -0.497 e. The van der Waals surface area contributed by atoms with E-state index in [0.29, 0.717) is 11.3 Å². The van der Waals surface area contributed by atoms with E-state index in [4.69, 9.17) is 10.6 Å². The van der Waals surface area contributed by atoms with Crippen LogP contribution in [-0.2, 0) is 0 Å². The smallest absolute Gasteiger partial charge is 0.214 e. The van der Waals surface area contributed by atoms with Crippen LogP contribution in [0.15, 0.2) is 52.7 Å². The molecule has 2 rings (SSSR count). The third-order valence-electron chi connectivity index (χ3n) is 3.31. The number of carbonyl (C=O) groups excluding carboxylic acids is 1. The Morgan fingerprint density at radius 1 is 1.12 bits per heavy atom.